The number of methoxy groups -OCH3 is 2. The number of hydrogen-bond donors (Lipinski definition) is 1. The topological polar surface area (TPSA) is 52.6 Å². The highest BCUT2D eigenvalue weighted by atomic mass is 79.9. The smallest absolute Gasteiger partial charge is 0.145 e. The fraction of sp³-hybridized carbons (Fsp3) is 0.438. The zero-order valence-electron chi connectivity index (χ0n) is 13.1. The summed E-state index contributed by atoms with van der Waals surface area (Å²) in [6.45, 7) is 1.48. The summed E-state index contributed by atoms with van der Waals surface area (Å²) in [7, 11) is 3.28. The Bertz CT molecular complexity index is 671. The van der Waals surface area contributed by atoms with E-state index in [1.54, 1.807) is 25.6 Å². The lowest BCUT2D eigenvalue weighted by Gasteiger charge is -2.13. The van der Waals surface area contributed by atoms with Crippen LogP contribution in [0.25, 0.3) is 0 Å². The number of anilines is 1. The summed E-state index contributed by atoms with van der Waals surface area (Å²) in [4.78, 5) is 4.67. The second-order valence-electron chi connectivity index (χ2n) is 5.22. The zero-order chi connectivity index (χ0) is 16.2. The second-order valence-corrected chi connectivity index (χ2v) is 6.96. The highest BCUT2D eigenvalue weighted by Gasteiger charge is 2.20. The minimum atomic E-state index is 0.179. The number of thiazole rings is 1. The Morgan fingerprint density at radius 3 is 2.87 bits per heavy atom. The van der Waals surface area contributed by atoms with Gasteiger partial charge in [-0.25, -0.2) is 4.98 Å². The summed E-state index contributed by atoms with van der Waals surface area (Å²) >= 11 is 5.16. The SMILES string of the molecule is COc1cc(OC)c(NCc2csc([C@@H]3CCCO3)n2)cc1Br. The summed E-state index contributed by atoms with van der Waals surface area (Å²) < 4.78 is 17.3. The molecule has 0 amide bonds. The van der Waals surface area contributed by atoms with Crippen molar-refractivity contribution in [3.63, 3.8) is 0 Å². The second kappa shape index (κ2) is 7.51. The van der Waals surface area contributed by atoms with Crippen molar-refractivity contribution < 1.29 is 14.2 Å². The van der Waals surface area contributed by atoms with E-state index in [-0.39, 0.29) is 6.10 Å². The van der Waals surface area contributed by atoms with Gasteiger partial charge in [-0.3, -0.25) is 0 Å². The maximum absolute atomic E-state index is 5.68. The van der Waals surface area contributed by atoms with Crippen molar-refractivity contribution in [2.24, 2.45) is 0 Å². The molecule has 2 aromatic rings. The number of aromatic nitrogens is 1. The maximum atomic E-state index is 5.68. The highest BCUT2D eigenvalue weighted by Crippen LogP contribution is 2.36. The molecule has 1 aliphatic heterocycles. The molecule has 1 fully saturated rings. The molecule has 0 radical (unpaired) electrons. The third-order valence-electron chi connectivity index (χ3n) is 3.71. The van der Waals surface area contributed by atoms with E-state index in [0.29, 0.717) is 6.54 Å². The molecule has 1 atom stereocenters. The highest BCUT2D eigenvalue weighted by molar-refractivity contribution is 9.10. The predicted molar refractivity (Wildman–Crippen MR) is 94.6 cm³/mol. The van der Waals surface area contributed by atoms with Gasteiger partial charge in [-0.1, -0.05) is 0 Å². The van der Waals surface area contributed by atoms with Gasteiger partial charge in [0.15, 0.2) is 0 Å². The zero-order valence-corrected chi connectivity index (χ0v) is 15.5. The van der Waals surface area contributed by atoms with Crippen LogP contribution in [0, 0.1) is 0 Å². The van der Waals surface area contributed by atoms with Gasteiger partial charge in [-0.15, -0.1) is 11.3 Å². The molecule has 2 heterocycles. The van der Waals surface area contributed by atoms with Gasteiger partial charge in [0.05, 0.1) is 36.6 Å². The largest absolute Gasteiger partial charge is 0.495 e. The van der Waals surface area contributed by atoms with Crippen molar-refractivity contribution in [1.82, 2.24) is 4.98 Å². The van der Waals surface area contributed by atoms with Crippen molar-refractivity contribution >= 4 is 33.0 Å². The third-order valence-corrected chi connectivity index (χ3v) is 5.31. The average Bonchev–Trinajstić information content (AvgIpc) is 3.24. The van der Waals surface area contributed by atoms with Crippen LogP contribution in [0.1, 0.15) is 29.6 Å². The molecule has 124 valence electrons. The monoisotopic (exact) mass is 398 g/mol. The van der Waals surface area contributed by atoms with Gasteiger partial charge >= 0.3 is 0 Å². The van der Waals surface area contributed by atoms with E-state index in [2.05, 4.69) is 31.6 Å². The molecule has 1 aliphatic rings. The number of benzene rings is 1. The molecular weight excluding hydrogens is 380 g/mol. The first-order valence-corrected chi connectivity index (χ1v) is 9.10. The fourth-order valence-corrected chi connectivity index (χ4v) is 3.91. The van der Waals surface area contributed by atoms with Crippen molar-refractivity contribution in [3.05, 3.63) is 32.7 Å². The third kappa shape index (κ3) is 3.79. The lowest BCUT2D eigenvalue weighted by molar-refractivity contribution is 0.111. The van der Waals surface area contributed by atoms with Gasteiger partial charge in [0.1, 0.15) is 22.6 Å². The van der Waals surface area contributed by atoms with Crippen LogP contribution in [0.15, 0.2) is 22.0 Å². The van der Waals surface area contributed by atoms with Crippen LogP contribution in [0.2, 0.25) is 0 Å². The molecule has 1 aromatic carbocycles. The van der Waals surface area contributed by atoms with Gasteiger partial charge in [0.2, 0.25) is 0 Å². The Balaban J connectivity index is 1.69. The minimum Gasteiger partial charge on any atom is -0.495 e. The molecule has 0 aliphatic carbocycles. The van der Waals surface area contributed by atoms with Gasteiger partial charge in [0.25, 0.3) is 0 Å². The predicted octanol–water partition coefficient (Wildman–Crippen LogP) is 4.39. The van der Waals surface area contributed by atoms with E-state index in [4.69, 9.17) is 14.2 Å². The number of ether oxygens (including phenoxy) is 3. The first-order valence-electron chi connectivity index (χ1n) is 7.42. The van der Waals surface area contributed by atoms with Crippen molar-refractivity contribution in [3.8, 4) is 11.5 Å². The molecule has 1 aromatic heterocycles. The molecule has 3 rings (SSSR count). The lowest BCUT2D eigenvalue weighted by Crippen LogP contribution is -2.03. The number of rotatable bonds is 6. The van der Waals surface area contributed by atoms with E-state index in [1.807, 2.05) is 12.1 Å². The molecule has 0 spiro atoms. The van der Waals surface area contributed by atoms with Gasteiger partial charge in [-0.2, -0.15) is 0 Å². The van der Waals surface area contributed by atoms with Crippen LogP contribution in [-0.4, -0.2) is 25.8 Å². The van der Waals surface area contributed by atoms with E-state index >= 15 is 0 Å². The van der Waals surface area contributed by atoms with Gasteiger partial charge < -0.3 is 19.5 Å². The van der Waals surface area contributed by atoms with Crippen molar-refractivity contribution in [2.45, 2.75) is 25.5 Å². The molecule has 0 bridgehead atoms. The van der Waals surface area contributed by atoms with Gasteiger partial charge in [-0.05, 0) is 34.8 Å². The molecule has 0 unspecified atom stereocenters. The fourth-order valence-electron chi connectivity index (χ4n) is 2.51. The summed E-state index contributed by atoms with van der Waals surface area (Å²) in [6.07, 6.45) is 2.37. The number of hydrogen-bond acceptors (Lipinski definition) is 6. The summed E-state index contributed by atoms with van der Waals surface area (Å²) in [6, 6.07) is 3.80. The first-order chi connectivity index (χ1) is 11.2. The molecule has 5 nitrogen and oxygen atoms in total. The standard InChI is InChI=1S/C16H19BrN2O3S/c1-20-14-7-15(21-2)12(6-11(14)17)18-8-10-9-23-16(19-10)13-4-3-5-22-13/h6-7,9,13,18H,3-5,8H2,1-2H3/t13-/m0/s1. The van der Waals surface area contributed by atoms with E-state index < -0.39 is 0 Å². The quantitative estimate of drug-likeness (QED) is 0.781. The molecule has 1 N–H and O–H groups in total. The normalized spacial score (nSPS) is 17.3. The number of nitrogens with zero attached hydrogens (tertiary/aromatic N) is 1. The van der Waals surface area contributed by atoms with E-state index in [0.717, 1.165) is 51.8 Å². The van der Waals surface area contributed by atoms with Gasteiger partial charge in [0, 0.05) is 18.1 Å². The van der Waals surface area contributed by atoms with Crippen molar-refractivity contribution in [2.75, 3.05) is 26.1 Å². The van der Waals surface area contributed by atoms with Crippen LogP contribution < -0.4 is 14.8 Å². The summed E-state index contributed by atoms with van der Waals surface area (Å²) in [5, 5.41) is 6.52. The minimum absolute atomic E-state index is 0.179. The van der Waals surface area contributed by atoms with Crippen LogP contribution in [0.5, 0.6) is 11.5 Å². The van der Waals surface area contributed by atoms with E-state index in [9.17, 15) is 0 Å². The Kier molecular flexibility index (Phi) is 5.40. The van der Waals surface area contributed by atoms with Crippen LogP contribution in [0.3, 0.4) is 0 Å². The number of nitrogens with one attached hydrogen (secondary N) is 1. The van der Waals surface area contributed by atoms with Crippen LogP contribution >= 0.6 is 27.3 Å². The van der Waals surface area contributed by atoms with Crippen molar-refractivity contribution in [1.29, 1.82) is 0 Å². The molecule has 7 heteroatoms. The Hall–Kier alpha value is -1.31. The Morgan fingerprint density at radius 2 is 2.17 bits per heavy atom. The molecule has 23 heavy (non-hydrogen) atoms. The van der Waals surface area contributed by atoms with Crippen LogP contribution in [-0.2, 0) is 11.3 Å². The molecule has 1 saturated heterocycles. The average molecular weight is 399 g/mol. The first kappa shape index (κ1) is 16.5. The van der Waals surface area contributed by atoms with E-state index in [1.165, 1.54) is 0 Å². The lowest BCUT2D eigenvalue weighted by atomic mass is 10.2. The maximum Gasteiger partial charge on any atom is 0.145 e. The summed E-state index contributed by atoms with van der Waals surface area (Å²) in [5.41, 5.74) is 1.90. The summed E-state index contributed by atoms with van der Waals surface area (Å²) in [5.74, 6) is 1.47. The Morgan fingerprint density at radius 1 is 1.35 bits per heavy atom. The Labute approximate surface area is 148 Å². The molecule has 0 saturated carbocycles. The van der Waals surface area contributed by atoms with Crippen LogP contribution in [0.4, 0.5) is 5.69 Å². The molecular formula is C16H19BrN2O3S. The number of halogens is 1.